The van der Waals surface area contributed by atoms with Gasteiger partial charge in [-0.2, -0.15) is 0 Å². The summed E-state index contributed by atoms with van der Waals surface area (Å²) in [6.45, 7) is 4.97. The van der Waals surface area contributed by atoms with Gasteiger partial charge in [0.2, 0.25) is 12.7 Å². The van der Waals surface area contributed by atoms with Gasteiger partial charge in [0.25, 0.3) is 0 Å². The number of hydrogen-bond acceptors (Lipinski definition) is 6. The molecule has 1 spiro atoms. The number of thioether (sulfide) groups is 1. The van der Waals surface area contributed by atoms with E-state index in [2.05, 4.69) is 22.9 Å². The van der Waals surface area contributed by atoms with Gasteiger partial charge in [-0.05, 0) is 37.0 Å². The van der Waals surface area contributed by atoms with E-state index in [1.165, 1.54) is 0 Å². The molecule has 2 fully saturated rings. The highest BCUT2D eigenvalue weighted by molar-refractivity contribution is 8.01. The van der Waals surface area contributed by atoms with Crippen molar-refractivity contribution in [2.75, 3.05) is 32.2 Å². The summed E-state index contributed by atoms with van der Waals surface area (Å²) in [5.74, 6) is 2.22. The van der Waals surface area contributed by atoms with Crippen molar-refractivity contribution in [2.24, 2.45) is 0 Å². The molecule has 3 N–H and O–H groups in total. The average molecular weight is 435 g/mol. The highest BCUT2D eigenvalue weighted by Crippen LogP contribution is 2.39. The number of nitrogens with one attached hydrogen (secondary N) is 3. The highest BCUT2D eigenvalue weighted by Gasteiger charge is 2.44. The quantitative estimate of drug-likeness (QED) is 0.594. The summed E-state index contributed by atoms with van der Waals surface area (Å²) in [5.41, 5.74) is 0.982. The molecule has 2 saturated heterocycles. The molecule has 4 rings (SSSR count). The Morgan fingerprint density at radius 3 is 2.83 bits per heavy atom. The molecule has 3 heterocycles. The second kappa shape index (κ2) is 9.34. The Morgan fingerprint density at radius 1 is 1.23 bits per heavy atom. The number of carbonyl (C=O) groups is 2. The van der Waals surface area contributed by atoms with E-state index in [1.807, 2.05) is 34.9 Å². The Balaban J connectivity index is 1.22. The van der Waals surface area contributed by atoms with Crippen LogP contribution in [0.2, 0.25) is 0 Å². The van der Waals surface area contributed by atoms with Gasteiger partial charge >= 0.3 is 6.03 Å². The maximum Gasteiger partial charge on any atom is 0.317 e. The summed E-state index contributed by atoms with van der Waals surface area (Å²) in [4.78, 5) is 26.7. The van der Waals surface area contributed by atoms with Crippen LogP contribution in [0, 0.1) is 0 Å². The van der Waals surface area contributed by atoms with E-state index in [9.17, 15) is 9.59 Å². The number of urea groups is 1. The number of hydrogen-bond donors (Lipinski definition) is 3. The van der Waals surface area contributed by atoms with Crippen molar-refractivity contribution in [2.45, 2.75) is 50.1 Å². The third kappa shape index (κ3) is 4.78. The predicted molar refractivity (Wildman–Crippen MR) is 116 cm³/mol. The third-order valence-electron chi connectivity index (χ3n) is 5.85. The molecule has 30 heavy (non-hydrogen) atoms. The molecular formula is C21H30N4O4S. The molecule has 8 nitrogen and oxygen atoms in total. The van der Waals surface area contributed by atoms with Crippen LogP contribution in [0.1, 0.15) is 38.2 Å². The van der Waals surface area contributed by atoms with Crippen LogP contribution >= 0.6 is 11.8 Å². The molecule has 0 bridgehead atoms. The van der Waals surface area contributed by atoms with Gasteiger partial charge in [0, 0.05) is 31.9 Å². The number of benzene rings is 1. The van der Waals surface area contributed by atoms with Gasteiger partial charge in [0.1, 0.15) is 0 Å². The predicted octanol–water partition coefficient (Wildman–Crippen LogP) is 2.04. The molecule has 0 saturated carbocycles. The van der Waals surface area contributed by atoms with Crippen LogP contribution in [0.25, 0.3) is 0 Å². The molecule has 164 valence electrons. The van der Waals surface area contributed by atoms with Gasteiger partial charge in [-0.15, -0.1) is 11.8 Å². The fourth-order valence-corrected chi connectivity index (χ4v) is 5.41. The molecule has 1 aromatic rings. The minimum atomic E-state index is -0.214. The van der Waals surface area contributed by atoms with Crippen LogP contribution in [0.4, 0.5) is 4.79 Å². The molecule has 1 atom stereocenters. The van der Waals surface area contributed by atoms with Gasteiger partial charge in [0.15, 0.2) is 11.5 Å². The third-order valence-corrected chi connectivity index (χ3v) is 7.43. The zero-order chi connectivity index (χ0) is 21.0. The lowest BCUT2D eigenvalue weighted by Crippen LogP contribution is -2.55. The summed E-state index contributed by atoms with van der Waals surface area (Å²) >= 11 is 1.81. The normalized spacial score (nSPS) is 21.6. The van der Waals surface area contributed by atoms with E-state index in [0.717, 1.165) is 55.0 Å². The molecule has 0 aromatic heterocycles. The minimum Gasteiger partial charge on any atom is -0.454 e. The number of piperidine rings is 1. The van der Waals surface area contributed by atoms with Crippen LogP contribution < -0.4 is 25.4 Å². The first-order valence-corrected chi connectivity index (χ1v) is 11.7. The number of fused-ring (bicyclic) bond motifs is 1. The molecule has 9 heteroatoms. The summed E-state index contributed by atoms with van der Waals surface area (Å²) in [5, 5.41) is 9.55. The first-order chi connectivity index (χ1) is 14.6. The second-order valence-electron chi connectivity index (χ2n) is 7.98. The fraction of sp³-hybridized carbons (Fsp3) is 0.619. The van der Waals surface area contributed by atoms with Crippen molar-refractivity contribution in [1.82, 2.24) is 20.9 Å². The Morgan fingerprint density at radius 2 is 2.03 bits per heavy atom. The van der Waals surface area contributed by atoms with Gasteiger partial charge in [-0.3, -0.25) is 10.1 Å². The van der Waals surface area contributed by atoms with Gasteiger partial charge in [0.05, 0.1) is 10.9 Å². The molecule has 1 aromatic carbocycles. The summed E-state index contributed by atoms with van der Waals surface area (Å²) in [6, 6.07) is 5.53. The smallest absolute Gasteiger partial charge is 0.317 e. The molecular weight excluding hydrogens is 404 g/mol. The van der Waals surface area contributed by atoms with Crippen LogP contribution in [-0.4, -0.2) is 59.9 Å². The molecule has 0 radical (unpaired) electrons. The lowest BCUT2D eigenvalue weighted by molar-refractivity contribution is -0.122. The highest BCUT2D eigenvalue weighted by atomic mass is 32.2. The maximum absolute atomic E-state index is 12.7. The number of rotatable bonds is 6. The van der Waals surface area contributed by atoms with Gasteiger partial charge in [-0.25, -0.2) is 4.79 Å². The molecule has 3 aliphatic rings. The standard InChI is InChI=1S/C21H30N4O4S/c1-2-3-8-22-20(27)25-9-6-21(7-10-25)24-16(13-30-21)19(26)23-12-15-4-5-17-18(11-15)29-14-28-17/h4-5,11,16,24H,2-3,6-10,12-14H2,1H3,(H,22,27)(H,23,26). The van der Waals surface area contributed by atoms with E-state index in [-0.39, 0.29) is 29.6 Å². The monoisotopic (exact) mass is 434 g/mol. The van der Waals surface area contributed by atoms with Gasteiger partial charge in [-0.1, -0.05) is 19.4 Å². The van der Waals surface area contributed by atoms with E-state index >= 15 is 0 Å². The minimum absolute atomic E-state index is 0.0109. The van der Waals surface area contributed by atoms with Gasteiger partial charge < -0.3 is 25.0 Å². The van der Waals surface area contributed by atoms with E-state index in [1.54, 1.807) is 0 Å². The first-order valence-electron chi connectivity index (χ1n) is 10.7. The lowest BCUT2D eigenvalue weighted by atomic mass is 10.0. The Bertz CT molecular complexity index is 782. The number of amides is 3. The van der Waals surface area contributed by atoms with Crippen molar-refractivity contribution in [3.05, 3.63) is 23.8 Å². The summed E-state index contributed by atoms with van der Waals surface area (Å²) in [7, 11) is 0. The van der Waals surface area contributed by atoms with Crippen LogP contribution in [0.5, 0.6) is 11.5 Å². The number of carbonyl (C=O) groups excluding carboxylic acids is 2. The molecule has 3 amide bonds. The van der Waals surface area contributed by atoms with Crippen LogP contribution in [0.15, 0.2) is 18.2 Å². The second-order valence-corrected chi connectivity index (χ2v) is 9.38. The Kier molecular flexibility index (Phi) is 6.58. The summed E-state index contributed by atoms with van der Waals surface area (Å²) in [6.07, 6.45) is 3.78. The summed E-state index contributed by atoms with van der Waals surface area (Å²) < 4.78 is 10.7. The Hall–Kier alpha value is -2.13. The van der Waals surface area contributed by atoms with Crippen molar-refractivity contribution < 1.29 is 19.1 Å². The lowest BCUT2D eigenvalue weighted by Gasteiger charge is -2.39. The zero-order valence-electron chi connectivity index (χ0n) is 17.4. The maximum atomic E-state index is 12.7. The molecule has 3 aliphatic heterocycles. The number of likely N-dealkylation sites (tertiary alicyclic amines) is 1. The van der Waals surface area contributed by atoms with Crippen LogP contribution in [-0.2, 0) is 11.3 Å². The van der Waals surface area contributed by atoms with E-state index in [0.29, 0.717) is 19.6 Å². The van der Waals surface area contributed by atoms with Crippen molar-refractivity contribution in [1.29, 1.82) is 0 Å². The number of nitrogens with zero attached hydrogens (tertiary/aromatic N) is 1. The SMILES string of the molecule is CCCCNC(=O)N1CCC2(CC1)NC(C(=O)NCc1ccc3c(c1)OCO3)CS2. The van der Waals surface area contributed by atoms with Crippen LogP contribution in [0.3, 0.4) is 0 Å². The number of ether oxygens (including phenoxy) is 2. The topological polar surface area (TPSA) is 91.9 Å². The van der Waals surface area contributed by atoms with Crippen molar-refractivity contribution in [3.63, 3.8) is 0 Å². The first kappa shape index (κ1) is 21.1. The van der Waals surface area contributed by atoms with E-state index < -0.39 is 0 Å². The Labute approximate surface area is 181 Å². The largest absolute Gasteiger partial charge is 0.454 e. The van der Waals surface area contributed by atoms with Crippen molar-refractivity contribution in [3.8, 4) is 11.5 Å². The molecule has 0 aliphatic carbocycles. The number of unbranched alkanes of at least 4 members (excludes halogenated alkanes) is 1. The van der Waals surface area contributed by atoms with E-state index in [4.69, 9.17) is 9.47 Å². The zero-order valence-corrected chi connectivity index (χ0v) is 18.2. The average Bonchev–Trinajstić information content (AvgIpc) is 3.39. The molecule has 1 unspecified atom stereocenters. The van der Waals surface area contributed by atoms with Crippen molar-refractivity contribution >= 4 is 23.7 Å². The fourth-order valence-electron chi connectivity index (χ4n) is 3.99.